The van der Waals surface area contributed by atoms with Gasteiger partial charge >= 0.3 is 11.9 Å². The van der Waals surface area contributed by atoms with E-state index < -0.39 is 11.9 Å². The number of benzene rings is 1. The Labute approximate surface area is 121 Å². The number of ether oxygens (including phenoxy) is 1. The second-order valence-corrected chi connectivity index (χ2v) is 5.10. The molecule has 0 heterocycles. The number of esters is 2. The summed E-state index contributed by atoms with van der Waals surface area (Å²) in [5.74, 6) is -1.14. The van der Waals surface area contributed by atoms with Gasteiger partial charge in [0, 0.05) is 6.92 Å². The Morgan fingerprint density at radius 2 is 1.75 bits per heavy atom. The van der Waals surface area contributed by atoms with E-state index >= 15 is 0 Å². The zero-order valence-corrected chi connectivity index (χ0v) is 12.5. The van der Waals surface area contributed by atoms with E-state index in [0.29, 0.717) is 5.56 Å². The molecule has 0 saturated carbocycles. The van der Waals surface area contributed by atoms with E-state index in [2.05, 4.69) is 11.7 Å². The fraction of sp³-hybridized carbons (Fsp3) is 0.529. The van der Waals surface area contributed by atoms with Crippen LogP contribution >= 0.6 is 0 Å². The molecule has 3 nitrogen and oxygen atoms in total. The average molecular weight is 276 g/mol. The van der Waals surface area contributed by atoms with Crippen molar-refractivity contribution in [2.24, 2.45) is 0 Å². The van der Waals surface area contributed by atoms with Crippen molar-refractivity contribution in [3.8, 4) is 0 Å². The quantitative estimate of drug-likeness (QED) is 0.404. The Morgan fingerprint density at radius 3 is 2.45 bits per heavy atom. The first kappa shape index (κ1) is 16.4. The minimum Gasteiger partial charge on any atom is -0.390 e. The molecule has 3 heteroatoms. The topological polar surface area (TPSA) is 43.4 Å². The van der Waals surface area contributed by atoms with Crippen LogP contribution in [0, 0.1) is 0 Å². The highest BCUT2D eigenvalue weighted by Crippen LogP contribution is 2.12. The van der Waals surface area contributed by atoms with Crippen LogP contribution in [0.4, 0.5) is 0 Å². The molecular weight excluding hydrogens is 252 g/mol. The second kappa shape index (κ2) is 9.29. The number of hydrogen-bond donors (Lipinski definition) is 0. The van der Waals surface area contributed by atoms with E-state index in [0.717, 1.165) is 18.4 Å². The van der Waals surface area contributed by atoms with E-state index in [9.17, 15) is 9.59 Å². The molecule has 0 fully saturated rings. The summed E-state index contributed by atoms with van der Waals surface area (Å²) in [5, 5.41) is 0. The monoisotopic (exact) mass is 276 g/mol. The van der Waals surface area contributed by atoms with E-state index in [1.54, 1.807) is 6.07 Å². The number of hydrogen-bond acceptors (Lipinski definition) is 3. The molecule has 0 radical (unpaired) electrons. The molecular formula is C17H24O3. The van der Waals surface area contributed by atoms with Crippen molar-refractivity contribution in [2.45, 2.75) is 58.8 Å². The van der Waals surface area contributed by atoms with Crippen LogP contribution in [0.15, 0.2) is 24.3 Å². The lowest BCUT2D eigenvalue weighted by molar-refractivity contribution is -0.135. The van der Waals surface area contributed by atoms with Crippen LogP contribution in [-0.2, 0) is 16.0 Å². The average Bonchev–Trinajstić information content (AvgIpc) is 2.42. The minimum atomic E-state index is -0.573. The van der Waals surface area contributed by atoms with E-state index in [1.165, 1.54) is 39.0 Å². The number of carbonyl (C=O) groups is 2. The van der Waals surface area contributed by atoms with Crippen LogP contribution in [0.5, 0.6) is 0 Å². The molecule has 1 aromatic rings. The highest BCUT2D eigenvalue weighted by Gasteiger charge is 2.09. The molecule has 0 aliphatic rings. The molecule has 0 atom stereocenters. The highest BCUT2D eigenvalue weighted by molar-refractivity contribution is 5.96. The largest absolute Gasteiger partial charge is 0.390 e. The van der Waals surface area contributed by atoms with Crippen LogP contribution in [0.2, 0.25) is 0 Å². The molecule has 0 aliphatic carbocycles. The van der Waals surface area contributed by atoms with Gasteiger partial charge in [-0.3, -0.25) is 4.79 Å². The summed E-state index contributed by atoms with van der Waals surface area (Å²) < 4.78 is 4.58. The van der Waals surface area contributed by atoms with Crippen molar-refractivity contribution in [1.29, 1.82) is 0 Å². The lowest BCUT2D eigenvalue weighted by Crippen LogP contribution is -2.09. The van der Waals surface area contributed by atoms with E-state index in [4.69, 9.17) is 0 Å². The summed E-state index contributed by atoms with van der Waals surface area (Å²) >= 11 is 0. The number of rotatable bonds is 8. The molecule has 0 bridgehead atoms. The number of unbranched alkanes of at least 4 members (excludes halogenated alkanes) is 5. The second-order valence-electron chi connectivity index (χ2n) is 5.10. The van der Waals surface area contributed by atoms with Gasteiger partial charge in [-0.15, -0.1) is 0 Å². The zero-order valence-electron chi connectivity index (χ0n) is 12.5. The van der Waals surface area contributed by atoms with Gasteiger partial charge in [0.15, 0.2) is 0 Å². The van der Waals surface area contributed by atoms with Gasteiger partial charge in [0.25, 0.3) is 0 Å². The third-order valence-corrected chi connectivity index (χ3v) is 3.22. The van der Waals surface area contributed by atoms with Crippen LogP contribution in [-0.4, -0.2) is 11.9 Å². The lowest BCUT2D eigenvalue weighted by atomic mass is 10.0. The Bertz CT molecular complexity index is 438. The maximum atomic E-state index is 11.6. The summed E-state index contributed by atoms with van der Waals surface area (Å²) in [6, 6.07) is 7.34. The first-order valence-electron chi connectivity index (χ1n) is 7.45. The van der Waals surface area contributed by atoms with Crippen molar-refractivity contribution in [1.82, 2.24) is 0 Å². The van der Waals surface area contributed by atoms with E-state index in [-0.39, 0.29) is 0 Å². The summed E-state index contributed by atoms with van der Waals surface area (Å²) in [7, 11) is 0. The Morgan fingerprint density at radius 1 is 1.05 bits per heavy atom. The molecule has 0 amide bonds. The van der Waals surface area contributed by atoms with Crippen molar-refractivity contribution < 1.29 is 14.3 Å². The Kier molecular flexibility index (Phi) is 7.63. The highest BCUT2D eigenvalue weighted by atomic mass is 16.6. The van der Waals surface area contributed by atoms with Crippen molar-refractivity contribution in [3.05, 3.63) is 35.4 Å². The third kappa shape index (κ3) is 6.50. The van der Waals surface area contributed by atoms with E-state index in [1.807, 2.05) is 18.2 Å². The predicted octanol–water partition coefficient (Wildman–Crippen LogP) is 4.29. The van der Waals surface area contributed by atoms with Gasteiger partial charge in [-0.05, 0) is 30.5 Å². The zero-order chi connectivity index (χ0) is 14.8. The normalized spacial score (nSPS) is 10.3. The van der Waals surface area contributed by atoms with Gasteiger partial charge in [-0.1, -0.05) is 51.2 Å². The first-order chi connectivity index (χ1) is 9.63. The summed E-state index contributed by atoms with van der Waals surface area (Å²) in [4.78, 5) is 22.4. The summed E-state index contributed by atoms with van der Waals surface area (Å²) in [6.07, 6.45) is 8.48. The molecule has 110 valence electrons. The van der Waals surface area contributed by atoms with Crippen molar-refractivity contribution in [3.63, 3.8) is 0 Å². The fourth-order valence-corrected chi connectivity index (χ4v) is 2.15. The first-order valence-corrected chi connectivity index (χ1v) is 7.45. The lowest BCUT2D eigenvalue weighted by Gasteiger charge is -2.05. The molecule has 20 heavy (non-hydrogen) atoms. The van der Waals surface area contributed by atoms with Gasteiger partial charge in [0.1, 0.15) is 0 Å². The standard InChI is InChI=1S/C17H24O3/c1-3-4-5-6-7-8-10-15-11-9-12-16(13-15)17(19)20-14(2)18/h9,11-13H,3-8,10H2,1-2H3. The summed E-state index contributed by atoms with van der Waals surface area (Å²) in [6.45, 7) is 3.45. The van der Waals surface area contributed by atoms with Crippen LogP contribution in [0.1, 0.15) is 68.3 Å². The molecule has 1 rings (SSSR count). The molecule has 0 aliphatic heterocycles. The minimum absolute atomic E-state index is 0.448. The van der Waals surface area contributed by atoms with Crippen LogP contribution < -0.4 is 0 Å². The van der Waals surface area contributed by atoms with Gasteiger partial charge in [-0.2, -0.15) is 0 Å². The maximum absolute atomic E-state index is 11.6. The van der Waals surface area contributed by atoms with Gasteiger partial charge in [0.2, 0.25) is 0 Å². The molecule has 0 saturated heterocycles. The molecule has 1 aromatic carbocycles. The van der Waals surface area contributed by atoms with Crippen LogP contribution in [0.3, 0.4) is 0 Å². The predicted molar refractivity (Wildman–Crippen MR) is 79.6 cm³/mol. The Hall–Kier alpha value is -1.64. The number of carbonyl (C=O) groups excluding carboxylic acids is 2. The Balaban J connectivity index is 2.39. The SMILES string of the molecule is CCCCCCCCc1cccc(C(=O)OC(C)=O)c1. The fourth-order valence-electron chi connectivity index (χ4n) is 2.15. The number of aryl methyl sites for hydroxylation is 1. The van der Waals surface area contributed by atoms with Gasteiger partial charge in [0.05, 0.1) is 5.56 Å². The van der Waals surface area contributed by atoms with Crippen molar-refractivity contribution in [2.75, 3.05) is 0 Å². The maximum Gasteiger partial charge on any atom is 0.345 e. The molecule has 0 spiro atoms. The molecule has 0 unspecified atom stereocenters. The van der Waals surface area contributed by atoms with Crippen LogP contribution in [0.25, 0.3) is 0 Å². The summed E-state index contributed by atoms with van der Waals surface area (Å²) in [5.41, 5.74) is 1.57. The van der Waals surface area contributed by atoms with Gasteiger partial charge < -0.3 is 4.74 Å². The van der Waals surface area contributed by atoms with Crippen molar-refractivity contribution >= 4 is 11.9 Å². The molecule has 0 N–H and O–H groups in total. The van der Waals surface area contributed by atoms with Gasteiger partial charge in [-0.25, -0.2) is 4.79 Å². The molecule has 0 aromatic heterocycles. The smallest absolute Gasteiger partial charge is 0.345 e. The third-order valence-electron chi connectivity index (χ3n) is 3.22.